The van der Waals surface area contributed by atoms with Crippen LogP contribution in [0.2, 0.25) is 0 Å². The lowest BCUT2D eigenvalue weighted by molar-refractivity contribution is -0.394. The molecule has 194 valence electrons. The average molecular weight is 523 g/mol. The summed E-state index contributed by atoms with van der Waals surface area (Å²) in [4.78, 5) is 43.5. The molecule has 0 fully saturated rings. The van der Waals surface area contributed by atoms with Gasteiger partial charge in [0.1, 0.15) is 0 Å². The van der Waals surface area contributed by atoms with E-state index in [1.165, 1.54) is 56.5 Å². The third-order valence-corrected chi connectivity index (χ3v) is 5.33. The van der Waals surface area contributed by atoms with E-state index in [1.807, 2.05) is 0 Å². The Kier molecular flexibility index (Phi) is 6.83. The molecule has 1 amide bonds. The van der Waals surface area contributed by atoms with Crippen LogP contribution in [0.1, 0.15) is 24.3 Å². The van der Waals surface area contributed by atoms with Gasteiger partial charge in [-0.3, -0.25) is 35.1 Å². The Hall–Kier alpha value is -5.60. The molecule has 38 heavy (non-hydrogen) atoms. The van der Waals surface area contributed by atoms with Crippen LogP contribution in [-0.2, 0) is 9.53 Å². The Bertz CT molecular complexity index is 1490. The minimum Gasteiger partial charge on any atom is -0.493 e. The maximum atomic E-state index is 12.3. The van der Waals surface area contributed by atoms with E-state index in [-0.39, 0.29) is 28.8 Å². The monoisotopic (exact) mass is 523 g/mol. The first-order valence-electron chi connectivity index (χ1n) is 10.7. The summed E-state index contributed by atoms with van der Waals surface area (Å²) in [7, 11) is 1.33. The fraction of sp³-hybridized carbons (Fsp3) is 0.130. The fourth-order valence-corrected chi connectivity index (χ4v) is 3.51. The van der Waals surface area contributed by atoms with Crippen molar-refractivity contribution in [1.82, 2.24) is 5.01 Å². The van der Waals surface area contributed by atoms with Crippen molar-refractivity contribution in [3.05, 3.63) is 102 Å². The molecule has 0 bridgehead atoms. The fourth-order valence-electron chi connectivity index (χ4n) is 3.51. The number of hydrazone groups is 1. The molecule has 0 saturated heterocycles. The molecule has 3 aromatic rings. The minimum absolute atomic E-state index is 0.0529. The zero-order chi connectivity index (χ0) is 27.6. The highest BCUT2D eigenvalue weighted by molar-refractivity contribution is 5.96. The molecule has 0 spiro atoms. The summed E-state index contributed by atoms with van der Waals surface area (Å²) in [5.41, 5.74) is -0.405. The summed E-state index contributed by atoms with van der Waals surface area (Å²) in [6.07, 6.45) is -1.02. The normalized spacial score (nSPS) is 14.3. The smallest absolute Gasteiger partial charge is 0.318 e. The number of hydrogen-bond donors (Lipinski definition) is 0. The van der Waals surface area contributed by atoms with Crippen molar-refractivity contribution >= 4 is 28.9 Å². The predicted molar refractivity (Wildman–Crippen MR) is 129 cm³/mol. The molecule has 15 heteroatoms. The van der Waals surface area contributed by atoms with Crippen molar-refractivity contribution in [2.75, 3.05) is 7.11 Å². The summed E-state index contributed by atoms with van der Waals surface area (Å²) in [6.45, 7) is 1.28. The Labute approximate surface area is 212 Å². The summed E-state index contributed by atoms with van der Waals surface area (Å²) < 4.78 is 16.9. The lowest BCUT2D eigenvalue weighted by atomic mass is 10.1. The standard InChI is InChI=1S/C23H17N5O10/c1-13(29)25-23(38-22(24-25)14-3-6-16(7-4-14)26(30)31)15-5-9-20(21(11-15)36-2)37-19-10-8-17(27(32)33)12-18(19)28(34)35/h3-12,23H,1-2H3. The number of benzene rings is 3. The van der Waals surface area contributed by atoms with Crippen molar-refractivity contribution in [3.63, 3.8) is 0 Å². The van der Waals surface area contributed by atoms with Crippen molar-refractivity contribution in [2.45, 2.75) is 13.2 Å². The number of amides is 1. The molecule has 1 aliphatic rings. The Morgan fingerprint density at radius 2 is 1.50 bits per heavy atom. The zero-order valence-corrected chi connectivity index (χ0v) is 19.7. The van der Waals surface area contributed by atoms with Gasteiger partial charge < -0.3 is 14.2 Å². The van der Waals surface area contributed by atoms with Gasteiger partial charge in [0.2, 0.25) is 23.8 Å². The van der Waals surface area contributed by atoms with Crippen LogP contribution >= 0.6 is 0 Å². The Morgan fingerprint density at radius 1 is 0.868 bits per heavy atom. The molecule has 1 unspecified atom stereocenters. The van der Waals surface area contributed by atoms with Gasteiger partial charge >= 0.3 is 5.69 Å². The summed E-state index contributed by atoms with van der Waals surface area (Å²) in [6, 6.07) is 12.8. The number of ether oxygens (including phenoxy) is 3. The number of methoxy groups -OCH3 is 1. The number of nitro benzene ring substituents is 3. The van der Waals surface area contributed by atoms with Crippen LogP contribution in [0.25, 0.3) is 0 Å². The van der Waals surface area contributed by atoms with Crippen LogP contribution in [-0.4, -0.2) is 38.7 Å². The summed E-state index contributed by atoms with van der Waals surface area (Å²) in [5.74, 6) is -0.477. The second-order valence-corrected chi connectivity index (χ2v) is 7.72. The number of nitro groups is 3. The Morgan fingerprint density at radius 3 is 2.08 bits per heavy atom. The average Bonchev–Trinajstić information content (AvgIpc) is 3.35. The maximum Gasteiger partial charge on any atom is 0.318 e. The summed E-state index contributed by atoms with van der Waals surface area (Å²) in [5, 5.41) is 38.6. The number of hydrogen-bond acceptors (Lipinski definition) is 11. The lowest BCUT2D eigenvalue weighted by Crippen LogP contribution is -2.25. The summed E-state index contributed by atoms with van der Waals surface area (Å²) >= 11 is 0. The molecule has 0 aliphatic carbocycles. The van der Waals surface area contributed by atoms with E-state index in [1.54, 1.807) is 0 Å². The molecule has 1 atom stereocenters. The zero-order valence-electron chi connectivity index (χ0n) is 19.7. The van der Waals surface area contributed by atoms with Gasteiger partial charge in [-0.05, 0) is 36.4 Å². The largest absolute Gasteiger partial charge is 0.493 e. The first kappa shape index (κ1) is 25.5. The Balaban J connectivity index is 1.63. The van der Waals surface area contributed by atoms with Gasteiger partial charge in [-0.1, -0.05) is 0 Å². The second-order valence-electron chi connectivity index (χ2n) is 7.72. The number of non-ortho nitro benzene ring substituents is 2. The molecular weight excluding hydrogens is 506 g/mol. The molecule has 0 saturated carbocycles. The van der Waals surface area contributed by atoms with Crippen molar-refractivity contribution < 1.29 is 33.8 Å². The molecule has 1 aliphatic heterocycles. The molecule has 3 aromatic carbocycles. The third kappa shape index (κ3) is 5.01. The minimum atomic E-state index is -1.02. The third-order valence-electron chi connectivity index (χ3n) is 5.33. The molecule has 1 heterocycles. The van der Waals surface area contributed by atoms with Crippen LogP contribution in [0.15, 0.2) is 65.8 Å². The van der Waals surface area contributed by atoms with Crippen LogP contribution in [0, 0.1) is 30.3 Å². The second kappa shape index (κ2) is 10.2. The number of carbonyl (C=O) groups is 1. The maximum absolute atomic E-state index is 12.3. The molecule has 0 N–H and O–H groups in total. The highest BCUT2D eigenvalue weighted by Gasteiger charge is 2.34. The van der Waals surface area contributed by atoms with E-state index in [2.05, 4.69) is 5.10 Å². The van der Waals surface area contributed by atoms with E-state index in [0.29, 0.717) is 11.1 Å². The number of nitrogens with zero attached hydrogens (tertiary/aromatic N) is 5. The first-order chi connectivity index (χ1) is 18.1. The first-order valence-corrected chi connectivity index (χ1v) is 10.7. The van der Waals surface area contributed by atoms with E-state index in [0.717, 1.165) is 23.2 Å². The number of rotatable bonds is 8. The molecule has 4 rings (SSSR count). The van der Waals surface area contributed by atoms with E-state index >= 15 is 0 Å². The molecule has 0 radical (unpaired) electrons. The van der Waals surface area contributed by atoms with Crippen LogP contribution in [0.5, 0.6) is 17.2 Å². The van der Waals surface area contributed by atoms with Gasteiger partial charge in [-0.25, -0.2) is 0 Å². The van der Waals surface area contributed by atoms with Gasteiger partial charge in [-0.2, -0.15) is 5.01 Å². The predicted octanol–water partition coefficient (Wildman–Crippen LogP) is 4.45. The molecule has 15 nitrogen and oxygen atoms in total. The van der Waals surface area contributed by atoms with Crippen molar-refractivity contribution in [3.8, 4) is 17.2 Å². The number of carbonyl (C=O) groups excluding carboxylic acids is 1. The SMILES string of the molecule is COc1cc(C2OC(c3ccc([N+](=O)[O-])cc3)=NN2C(C)=O)ccc1Oc1ccc([N+](=O)[O-])cc1[N+](=O)[O-]. The van der Waals surface area contributed by atoms with Crippen molar-refractivity contribution in [1.29, 1.82) is 0 Å². The molecular formula is C23H17N5O10. The topological polar surface area (TPSA) is 190 Å². The van der Waals surface area contributed by atoms with Gasteiger partial charge in [0.25, 0.3) is 11.4 Å². The van der Waals surface area contributed by atoms with E-state index in [4.69, 9.17) is 14.2 Å². The van der Waals surface area contributed by atoms with Gasteiger partial charge in [0.15, 0.2) is 11.5 Å². The van der Waals surface area contributed by atoms with Gasteiger partial charge in [-0.15, -0.1) is 5.10 Å². The van der Waals surface area contributed by atoms with Crippen LogP contribution in [0.4, 0.5) is 17.1 Å². The van der Waals surface area contributed by atoms with Crippen LogP contribution < -0.4 is 9.47 Å². The lowest BCUT2D eigenvalue weighted by Gasteiger charge is -2.20. The molecule has 0 aromatic heterocycles. The van der Waals surface area contributed by atoms with Crippen molar-refractivity contribution in [2.24, 2.45) is 5.10 Å². The van der Waals surface area contributed by atoms with E-state index in [9.17, 15) is 35.1 Å². The van der Waals surface area contributed by atoms with Crippen LogP contribution in [0.3, 0.4) is 0 Å². The highest BCUT2D eigenvalue weighted by Crippen LogP contribution is 2.40. The highest BCUT2D eigenvalue weighted by atomic mass is 16.6. The van der Waals surface area contributed by atoms with Gasteiger partial charge in [0, 0.05) is 36.2 Å². The quantitative estimate of drug-likeness (QED) is 0.301. The van der Waals surface area contributed by atoms with E-state index < -0.39 is 38.3 Å². The van der Waals surface area contributed by atoms with Gasteiger partial charge in [0.05, 0.1) is 27.9 Å².